The van der Waals surface area contributed by atoms with Crippen LogP contribution < -0.4 is 0 Å². The van der Waals surface area contributed by atoms with Crippen molar-refractivity contribution >= 4 is 33.4 Å². The zero-order valence-corrected chi connectivity index (χ0v) is 13.5. The number of hydrogen-bond acceptors (Lipinski definition) is 1. The van der Waals surface area contributed by atoms with Crippen LogP contribution >= 0.6 is 27.5 Å². The van der Waals surface area contributed by atoms with Crippen molar-refractivity contribution in [3.63, 3.8) is 0 Å². The molecule has 0 N–H and O–H groups in total. The summed E-state index contributed by atoms with van der Waals surface area (Å²) < 4.78 is 1.04. The average Bonchev–Trinajstić information content (AvgIpc) is 2.41. The van der Waals surface area contributed by atoms with E-state index in [9.17, 15) is 4.79 Å². The van der Waals surface area contributed by atoms with Crippen molar-refractivity contribution in [1.29, 1.82) is 0 Å². The van der Waals surface area contributed by atoms with Crippen LogP contribution in [0.2, 0.25) is 0 Å². The normalized spacial score (nSPS) is 18.4. The predicted octanol–water partition coefficient (Wildman–Crippen LogP) is 3.86. The topological polar surface area (TPSA) is 20.3 Å². The SMILES string of the molecule is CC(Cl)C1CCN(C(=O)Cc2ccc(Br)cc2)CC1. The van der Waals surface area contributed by atoms with Gasteiger partial charge in [-0.05, 0) is 43.4 Å². The van der Waals surface area contributed by atoms with Gasteiger partial charge in [-0.3, -0.25) is 4.79 Å². The van der Waals surface area contributed by atoms with E-state index in [1.54, 1.807) is 0 Å². The smallest absolute Gasteiger partial charge is 0.226 e. The van der Waals surface area contributed by atoms with Crippen LogP contribution in [0.25, 0.3) is 0 Å². The Kier molecular flexibility index (Phi) is 5.28. The van der Waals surface area contributed by atoms with Gasteiger partial charge < -0.3 is 4.90 Å². The predicted molar refractivity (Wildman–Crippen MR) is 82.5 cm³/mol. The molecule has 4 heteroatoms. The molecule has 1 aliphatic heterocycles. The molecule has 0 saturated carbocycles. The molecule has 0 aliphatic carbocycles. The molecule has 1 atom stereocenters. The third kappa shape index (κ3) is 4.22. The molecule has 1 fully saturated rings. The number of hydrogen-bond donors (Lipinski definition) is 0. The van der Waals surface area contributed by atoms with Crippen LogP contribution in [0.15, 0.2) is 28.7 Å². The van der Waals surface area contributed by atoms with Gasteiger partial charge in [0.05, 0.1) is 6.42 Å². The summed E-state index contributed by atoms with van der Waals surface area (Å²) in [6.07, 6.45) is 2.54. The van der Waals surface area contributed by atoms with Gasteiger partial charge in [0.1, 0.15) is 0 Å². The van der Waals surface area contributed by atoms with E-state index in [2.05, 4.69) is 15.9 Å². The Morgan fingerprint density at radius 3 is 2.47 bits per heavy atom. The zero-order valence-electron chi connectivity index (χ0n) is 11.1. The first-order valence-corrected chi connectivity index (χ1v) is 7.95. The molecular formula is C15H19BrClNO. The van der Waals surface area contributed by atoms with Gasteiger partial charge in [0, 0.05) is 22.9 Å². The number of nitrogens with zero attached hydrogens (tertiary/aromatic N) is 1. The number of piperidine rings is 1. The lowest BCUT2D eigenvalue weighted by atomic mass is 9.93. The number of halogens is 2. The maximum atomic E-state index is 12.2. The van der Waals surface area contributed by atoms with E-state index in [1.165, 1.54) is 0 Å². The Bertz CT molecular complexity index is 424. The van der Waals surface area contributed by atoms with Gasteiger partial charge in [-0.25, -0.2) is 0 Å². The van der Waals surface area contributed by atoms with E-state index < -0.39 is 0 Å². The first-order chi connectivity index (χ1) is 9.06. The van der Waals surface area contributed by atoms with Crippen LogP contribution in [0.4, 0.5) is 0 Å². The lowest BCUT2D eigenvalue weighted by Crippen LogP contribution is -2.40. The number of benzene rings is 1. The van der Waals surface area contributed by atoms with E-state index in [1.807, 2.05) is 36.1 Å². The summed E-state index contributed by atoms with van der Waals surface area (Å²) >= 11 is 9.52. The van der Waals surface area contributed by atoms with E-state index in [0.29, 0.717) is 12.3 Å². The molecule has 2 rings (SSSR count). The van der Waals surface area contributed by atoms with Crippen LogP contribution in [0.5, 0.6) is 0 Å². The number of alkyl halides is 1. The van der Waals surface area contributed by atoms with Crippen molar-refractivity contribution in [1.82, 2.24) is 4.90 Å². The Morgan fingerprint density at radius 1 is 1.37 bits per heavy atom. The van der Waals surface area contributed by atoms with E-state index in [-0.39, 0.29) is 11.3 Å². The maximum Gasteiger partial charge on any atom is 0.226 e. The van der Waals surface area contributed by atoms with Gasteiger partial charge in [0.15, 0.2) is 0 Å². The van der Waals surface area contributed by atoms with Crippen molar-refractivity contribution in [2.45, 2.75) is 31.6 Å². The number of carbonyl (C=O) groups excluding carboxylic acids is 1. The number of carbonyl (C=O) groups is 1. The summed E-state index contributed by atoms with van der Waals surface area (Å²) in [7, 11) is 0. The number of rotatable bonds is 3. The number of amides is 1. The monoisotopic (exact) mass is 343 g/mol. The maximum absolute atomic E-state index is 12.2. The van der Waals surface area contributed by atoms with Crippen molar-refractivity contribution in [3.8, 4) is 0 Å². The molecule has 2 nitrogen and oxygen atoms in total. The van der Waals surface area contributed by atoms with Crippen LogP contribution in [0, 0.1) is 5.92 Å². The molecule has 1 aromatic rings. The molecule has 0 spiro atoms. The lowest BCUT2D eigenvalue weighted by Gasteiger charge is -2.33. The highest BCUT2D eigenvalue weighted by atomic mass is 79.9. The summed E-state index contributed by atoms with van der Waals surface area (Å²) in [6.45, 7) is 3.74. The van der Waals surface area contributed by atoms with Crippen molar-refractivity contribution in [2.24, 2.45) is 5.92 Å². The lowest BCUT2D eigenvalue weighted by molar-refractivity contribution is -0.131. The van der Waals surface area contributed by atoms with E-state index in [0.717, 1.165) is 36.0 Å². The second-order valence-corrected chi connectivity index (χ2v) is 6.80. The van der Waals surface area contributed by atoms with Crippen LogP contribution in [0.3, 0.4) is 0 Å². The summed E-state index contributed by atoms with van der Waals surface area (Å²) in [5, 5.41) is 0.212. The fourth-order valence-corrected chi connectivity index (χ4v) is 3.01. The van der Waals surface area contributed by atoms with E-state index >= 15 is 0 Å². The zero-order chi connectivity index (χ0) is 13.8. The van der Waals surface area contributed by atoms with Crippen molar-refractivity contribution in [2.75, 3.05) is 13.1 Å². The quantitative estimate of drug-likeness (QED) is 0.763. The largest absolute Gasteiger partial charge is 0.342 e. The molecule has 0 aromatic heterocycles. The van der Waals surface area contributed by atoms with Gasteiger partial charge in [0.2, 0.25) is 5.91 Å². The first kappa shape index (κ1) is 14.9. The Balaban J connectivity index is 1.86. The first-order valence-electron chi connectivity index (χ1n) is 6.72. The van der Waals surface area contributed by atoms with Crippen LogP contribution in [-0.4, -0.2) is 29.3 Å². The minimum atomic E-state index is 0.212. The average molecular weight is 345 g/mol. The molecule has 1 aliphatic rings. The highest BCUT2D eigenvalue weighted by Crippen LogP contribution is 2.24. The molecule has 0 bridgehead atoms. The molecule has 1 saturated heterocycles. The standard InChI is InChI=1S/C15H19BrClNO/c1-11(17)13-6-8-18(9-7-13)15(19)10-12-2-4-14(16)5-3-12/h2-5,11,13H,6-10H2,1H3. The van der Waals surface area contributed by atoms with Gasteiger partial charge in [0.25, 0.3) is 0 Å². The van der Waals surface area contributed by atoms with Crippen LogP contribution in [0.1, 0.15) is 25.3 Å². The second kappa shape index (κ2) is 6.76. The molecular weight excluding hydrogens is 326 g/mol. The molecule has 104 valence electrons. The fraction of sp³-hybridized carbons (Fsp3) is 0.533. The third-order valence-electron chi connectivity index (χ3n) is 3.81. The van der Waals surface area contributed by atoms with Gasteiger partial charge in [-0.2, -0.15) is 0 Å². The second-order valence-electron chi connectivity index (χ2n) is 5.20. The molecule has 1 amide bonds. The molecule has 1 heterocycles. The minimum absolute atomic E-state index is 0.212. The molecule has 1 aromatic carbocycles. The third-order valence-corrected chi connectivity index (χ3v) is 4.70. The summed E-state index contributed by atoms with van der Waals surface area (Å²) in [4.78, 5) is 14.2. The summed E-state index contributed by atoms with van der Waals surface area (Å²) in [5.41, 5.74) is 1.07. The van der Waals surface area contributed by atoms with Crippen molar-refractivity contribution < 1.29 is 4.79 Å². The van der Waals surface area contributed by atoms with Crippen LogP contribution in [-0.2, 0) is 11.2 Å². The van der Waals surface area contributed by atoms with E-state index in [4.69, 9.17) is 11.6 Å². The number of likely N-dealkylation sites (tertiary alicyclic amines) is 1. The van der Waals surface area contributed by atoms with Gasteiger partial charge in [-0.1, -0.05) is 28.1 Å². The Labute approximate surface area is 128 Å². The fourth-order valence-electron chi connectivity index (χ4n) is 2.50. The Morgan fingerprint density at radius 2 is 1.95 bits per heavy atom. The highest BCUT2D eigenvalue weighted by molar-refractivity contribution is 9.10. The minimum Gasteiger partial charge on any atom is -0.342 e. The van der Waals surface area contributed by atoms with Gasteiger partial charge >= 0.3 is 0 Å². The Hall–Kier alpha value is -0.540. The van der Waals surface area contributed by atoms with Gasteiger partial charge in [-0.15, -0.1) is 11.6 Å². The summed E-state index contributed by atoms with van der Waals surface area (Å²) in [6, 6.07) is 7.94. The summed E-state index contributed by atoms with van der Waals surface area (Å²) in [5.74, 6) is 0.779. The highest BCUT2D eigenvalue weighted by Gasteiger charge is 2.25. The van der Waals surface area contributed by atoms with Crippen molar-refractivity contribution in [3.05, 3.63) is 34.3 Å². The molecule has 19 heavy (non-hydrogen) atoms. The molecule has 0 radical (unpaired) electrons. The molecule has 1 unspecified atom stereocenters.